The lowest BCUT2D eigenvalue weighted by molar-refractivity contribution is -0.200. The van der Waals surface area contributed by atoms with Crippen LogP contribution < -0.4 is 23.7 Å². The van der Waals surface area contributed by atoms with Crippen molar-refractivity contribution in [3.63, 3.8) is 0 Å². The highest BCUT2D eigenvalue weighted by molar-refractivity contribution is 6.04. The molecule has 2 aliphatic heterocycles. The summed E-state index contributed by atoms with van der Waals surface area (Å²) in [5.74, 6) is 2.25. The second-order valence-corrected chi connectivity index (χ2v) is 10.5. The lowest BCUT2D eigenvalue weighted by Crippen LogP contribution is -2.31. The molecule has 1 aromatic heterocycles. The van der Waals surface area contributed by atoms with Crippen molar-refractivity contribution in [1.82, 2.24) is 4.57 Å². The summed E-state index contributed by atoms with van der Waals surface area (Å²) in [6.07, 6.45) is -6.34. The number of benzene rings is 4. The summed E-state index contributed by atoms with van der Waals surface area (Å²) in [7, 11) is 6.19. The molecule has 5 aromatic rings. The smallest absolute Gasteiger partial charge is 0.431 e. The maximum absolute atomic E-state index is 15.0. The molecule has 2 aliphatic rings. The minimum absolute atomic E-state index is 0.0792. The largest absolute Gasteiger partial charge is 0.493 e. The standard InChI is InChI=1S/C34H28F3NO5/c1-39-24-12-10-20(16-25(24)40-2)28-29-22-11-9-18-7-5-6-8-21(18)32(22)43-33(34(35,36)37)31(29)38-14-13-19-15-26(41-3)27(42-4)17-23(19)30(28)38/h5-12,15-17,33H,13-14H2,1-4H3/t33-/m1/s1. The third kappa shape index (κ3) is 4.01. The van der Waals surface area contributed by atoms with Crippen LogP contribution in [0.15, 0.2) is 66.7 Å². The molecule has 0 radical (unpaired) electrons. The van der Waals surface area contributed by atoms with E-state index in [0.29, 0.717) is 69.3 Å². The number of aromatic nitrogens is 1. The lowest BCUT2D eigenvalue weighted by Gasteiger charge is -2.32. The molecular weight excluding hydrogens is 559 g/mol. The average molecular weight is 588 g/mol. The Morgan fingerprint density at radius 3 is 2.16 bits per heavy atom. The first kappa shape index (κ1) is 27.1. The van der Waals surface area contributed by atoms with E-state index < -0.39 is 12.3 Å². The Kier molecular flexibility index (Phi) is 6.23. The van der Waals surface area contributed by atoms with Crippen molar-refractivity contribution in [3.8, 4) is 62.3 Å². The normalized spacial score (nSPS) is 15.1. The summed E-state index contributed by atoms with van der Waals surface area (Å²) in [6, 6.07) is 20.3. The van der Waals surface area contributed by atoms with Crippen molar-refractivity contribution in [2.75, 3.05) is 28.4 Å². The first-order valence-electron chi connectivity index (χ1n) is 13.8. The molecule has 0 saturated heterocycles. The van der Waals surface area contributed by atoms with Gasteiger partial charge < -0.3 is 28.3 Å². The van der Waals surface area contributed by atoms with E-state index in [1.54, 1.807) is 44.1 Å². The molecule has 220 valence electrons. The van der Waals surface area contributed by atoms with Crippen LogP contribution in [0, 0.1) is 0 Å². The molecule has 4 aromatic carbocycles. The zero-order valence-corrected chi connectivity index (χ0v) is 24.0. The van der Waals surface area contributed by atoms with Crippen LogP contribution in [-0.4, -0.2) is 39.2 Å². The summed E-state index contributed by atoms with van der Waals surface area (Å²) in [5.41, 5.74) is 4.87. The number of halogens is 3. The first-order valence-corrected chi connectivity index (χ1v) is 13.8. The molecule has 43 heavy (non-hydrogen) atoms. The summed E-state index contributed by atoms with van der Waals surface area (Å²) < 4.78 is 75.1. The van der Waals surface area contributed by atoms with E-state index in [1.807, 2.05) is 48.5 Å². The third-order valence-corrected chi connectivity index (χ3v) is 8.38. The average Bonchev–Trinajstić information content (AvgIpc) is 3.38. The number of rotatable bonds is 5. The van der Waals surface area contributed by atoms with Crippen molar-refractivity contribution in [2.24, 2.45) is 0 Å². The van der Waals surface area contributed by atoms with E-state index in [4.69, 9.17) is 23.7 Å². The van der Waals surface area contributed by atoms with Gasteiger partial charge in [0.2, 0.25) is 6.10 Å². The maximum atomic E-state index is 15.0. The van der Waals surface area contributed by atoms with Gasteiger partial charge in [0.1, 0.15) is 5.75 Å². The predicted molar refractivity (Wildman–Crippen MR) is 158 cm³/mol. The molecule has 0 bridgehead atoms. The van der Waals surface area contributed by atoms with Crippen LogP contribution in [0.5, 0.6) is 28.7 Å². The molecule has 0 fully saturated rings. The Morgan fingerprint density at radius 2 is 1.44 bits per heavy atom. The number of hydrogen-bond acceptors (Lipinski definition) is 5. The van der Waals surface area contributed by atoms with Gasteiger partial charge in [-0.1, -0.05) is 36.4 Å². The summed E-state index contributed by atoms with van der Waals surface area (Å²) in [6.45, 7) is 0.326. The Morgan fingerprint density at radius 1 is 0.744 bits per heavy atom. The molecule has 1 atom stereocenters. The summed E-state index contributed by atoms with van der Waals surface area (Å²) in [5, 5.41) is 1.42. The monoisotopic (exact) mass is 587 g/mol. The number of nitrogens with zero attached hydrogens (tertiary/aromatic N) is 1. The molecule has 6 nitrogen and oxygen atoms in total. The number of methoxy groups -OCH3 is 4. The molecule has 3 heterocycles. The number of alkyl halides is 3. The van der Waals surface area contributed by atoms with Crippen LogP contribution in [-0.2, 0) is 13.0 Å². The minimum atomic E-state index is -4.68. The van der Waals surface area contributed by atoms with E-state index in [1.165, 1.54) is 7.11 Å². The summed E-state index contributed by atoms with van der Waals surface area (Å²) in [4.78, 5) is 0. The van der Waals surface area contributed by atoms with E-state index in [2.05, 4.69) is 0 Å². The van der Waals surface area contributed by atoms with Gasteiger partial charge in [0.05, 0.1) is 39.8 Å². The number of fused-ring (bicyclic) bond motifs is 9. The van der Waals surface area contributed by atoms with Crippen molar-refractivity contribution in [3.05, 3.63) is 78.0 Å². The molecule has 0 spiro atoms. The lowest BCUT2D eigenvalue weighted by atomic mass is 9.87. The SMILES string of the molecule is COc1ccc(-c2c3c(n4c2-c2cc(OC)c(OC)cc2CC4)[C@H](C(F)(F)F)Oc2c-3ccc3ccccc23)cc1OC. The second kappa shape index (κ2) is 9.90. The third-order valence-electron chi connectivity index (χ3n) is 8.38. The Labute approximate surface area is 246 Å². The molecule has 0 saturated carbocycles. The van der Waals surface area contributed by atoms with Gasteiger partial charge in [-0.2, -0.15) is 13.2 Å². The van der Waals surface area contributed by atoms with Crippen LogP contribution in [0.1, 0.15) is 17.4 Å². The zero-order valence-electron chi connectivity index (χ0n) is 24.0. The van der Waals surface area contributed by atoms with Crippen molar-refractivity contribution < 1.29 is 36.9 Å². The van der Waals surface area contributed by atoms with Crippen molar-refractivity contribution in [2.45, 2.75) is 25.2 Å². The molecular formula is C34H28F3NO5. The van der Waals surface area contributed by atoms with Crippen LogP contribution in [0.4, 0.5) is 13.2 Å². The quantitative estimate of drug-likeness (QED) is 0.207. The Hall–Kier alpha value is -4.79. The van der Waals surface area contributed by atoms with Gasteiger partial charge in [0, 0.05) is 34.2 Å². The van der Waals surface area contributed by atoms with Crippen LogP contribution >= 0.6 is 0 Å². The fourth-order valence-electron chi connectivity index (χ4n) is 6.51. The number of aryl methyl sites for hydroxylation is 1. The molecule has 0 amide bonds. The van der Waals surface area contributed by atoms with Crippen molar-refractivity contribution >= 4 is 10.8 Å². The van der Waals surface area contributed by atoms with Crippen LogP contribution in [0.25, 0.3) is 44.3 Å². The van der Waals surface area contributed by atoms with E-state index in [0.717, 1.165) is 16.5 Å². The van der Waals surface area contributed by atoms with Crippen LogP contribution in [0.2, 0.25) is 0 Å². The molecule has 7 rings (SSSR count). The van der Waals surface area contributed by atoms with Gasteiger partial charge in [0.25, 0.3) is 0 Å². The Bertz CT molecular complexity index is 1910. The van der Waals surface area contributed by atoms with E-state index in [-0.39, 0.29) is 11.4 Å². The first-order chi connectivity index (χ1) is 20.8. The van der Waals surface area contributed by atoms with Crippen LogP contribution in [0.3, 0.4) is 0 Å². The molecule has 0 N–H and O–H groups in total. The molecule has 9 heteroatoms. The zero-order chi connectivity index (χ0) is 30.0. The van der Waals surface area contributed by atoms with Gasteiger partial charge in [-0.15, -0.1) is 0 Å². The topological polar surface area (TPSA) is 51.1 Å². The Balaban J connectivity index is 1.65. The second-order valence-electron chi connectivity index (χ2n) is 10.5. The van der Waals surface area contributed by atoms with Gasteiger partial charge in [-0.05, 0) is 53.3 Å². The minimum Gasteiger partial charge on any atom is -0.493 e. The molecule has 0 aliphatic carbocycles. The fraction of sp³-hybridized carbons (Fsp3) is 0.235. The van der Waals surface area contributed by atoms with Gasteiger partial charge in [-0.25, -0.2) is 0 Å². The predicted octanol–water partition coefficient (Wildman–Crippen LogP) is 8.23. The van der Waals surface area contributed by atoms with Gasteiger partial charge in [0.15, 0.2) is 23.0 Å². The van der Waals surface area contributed by atoms with E-state index in [9.17, 15) is 0 Å². The highest BCUT2D eigenvalue weighted by atomic mass is 19.4. The molecule has 0 unspecified atom stereocenters. The van der Waals surface area contributed by atoms with Crippen molar-refractivity contribution in [1.29, 1.82) is 0 Å². The fourth-order valence-corrected chi connectivity index (χ4v) is 6.51. The summed E-state index contributed by atoms with van der Waals surface area (Å²) >= 11 is 0. The highest BCUT2D eigenvalue weighted by Gasteiger charge is 2.51. The maximum Gasteiger partial charge on any atom is 0.431 e. The number of hydrogen-bond donors (Lipinski definition) is 0. The van der Waals surface area contributed by atoms with Gasteiger partial charge >= 0.3 is 6.18 Å². The van der Waals surface area contributed by atoms with Gasteiger partial charge in [-0.3, -0.25) is 0 Å². The van der Waals surface area contributed by atoms with E-state index >= 15 is 13.2 Å². The number of ether oxygens (including phenoxy) is 5. The highest BCUT2D eigenvalue weighted by Crippen LogP contribution is 2.58.